The normalized spacial score (nSPS) is 10.4. The molecule has 0 atom stereocenters. The molecule has 1 aromatic heterocycles. The molecule has 0 aliphatic heterocycles. The Bertz CT molecular complexity index is 595. The number of imidazole rings is 1. The molecular formula is C15H20N4S2. The van der Waals surface area contributed by atoms with Crippen LogP contribution in [0.5, 0.6) is 0 Å². The molecular weight excluding hydrogens is 300 g/mol. The van der Waals surface area contributed by atoms with E-state index in [0.717, 1.165) is 29.6 Å². The first-order valence-electron chi connectivity index (χ1n) is 6.93. The van der Waals surface area contributed by atoms with E-state index in [1.54, 1.807) is 11.8 Å². The van der Waals surface area contributed by atoms with Crippen molar-refractivity contribution < 1.29 is 0 Å². The van der Waals surface area contributed by atoms with E-state index in [1.807, 2.05) is 36.1 Å². The van der Waals surface area contributed by atoms with Crippen molar-refractivity contribution in [2.45, 2.75) is 18.5 Å². The van der Waals surface area contributed by atoms with Gasteiger partial charge in [0.15, 0.2) is 10.3 Å². The van der Waals surface area contributed by atoms with Crippen LogP contribution in [-0.2, 0) is 13.5 Å². The smallest absolute Gasteiger partial charge is 0.170 e. The van der Waals surface area contributed by atoms with E-state index in [0.29, 0.717) is 5.11 Å². The van der Waals surface area contributed by atoms with E-state index in [4.69, 9.17) is 12.2 Å². The van der Waals surface area contributed by atoms with E-state index in [2.05, 4.69) is 34.7 Å². The highest BCUT2D eigenvalue weighted by Crippen LogP contribution is 2.13. The number of aromatic nitrogens is 2. The molecule has 4 nitrogen and oxygen atoms in total. The van der Waals surface area contributed by atoms with Gasteiger partial charge in [0.1, 0.15) is 0 Å². The van der Waals surface area contributed by atoms with Crippen molar-refractivity contribution in [3.05, 3.63) is 42.2 Å². The lowest BCUT2D eigenvalue weighted by molar-refractivity contribution is 0.789. The van der Waals surface area contributed by atoms with Crippen molar-refractivity contribution in [2.24, 2.45) is 7.05 Å². The molecule has 0 bridgehead atoms. The van der Waals surface area contributed by atoms with Crippen molar-refractivity contribution in [1.29, 1.82) is 0 Å². The largest absolute Gasteiger partial charge is 0.362 e. The SMILES string of the molecule is CCc1cccc(NC(=S)NCCSc2nccn2C)c1. The van der Waals surface area contributed by atoms with Gasteiger partial charge in [0.2, 0.25) is 0 Å². The highest BCUT2D eigenvalue weighted by Gasteiger charge is 2.01. The molecule has 0 saturated heterocycles. The quantitative estimate of drug-likeness (QED) is 0.486. The van der Waals surface area contributed by atoms with Crippen LogP contribution in [0.1, 0.15) is 12.5 Å². The summed E-state index contributed by atoms with van der Waals surface area (Å²) in [5, 5.41) is 8.10. The maximum absolute atomic E-state index is 5.30. The topological polar surface area (TPSA) is 41.9 Å². The number of hydrogen-bond donors (Lipinski definition) is 2. The standard InChI is InChI=1S/C15H20N4S2/c1-3-12-5-4-6-13(11-12)18-14(20)16-8-10-21-15-17-7-9-19(15)2/h4-7,9,11H,3,8,10H2,1-2H3,(H2,16,18,20). The van der Waals surface area contributed by atoms with Gasteiger partial charge in [0, 0.05) is 37.4 Å². The zero-order valence-electron chi connectivity index (χ0n) is 12.3. The number of nitrogens with zero attached hydrogens (tertiary/aromatic N) is 2. The first kappa shape index (κ1) is 15.9. The fourth-order valence-corrected chi connectivity index (χ4v) is 2.85. The van der Waals surface area contributed by atoms with Gasteiger partial charge in [-0.2, -0.15) is 0 Å². The average Bonchev–Trinajstić information content (AvgIpc) is 2.89. The van der Waals surface area contributed by atoms with Gasteiger partial charge in [-0.25, -0.2) is 4.98 Å². The van der Waals surface area contributed by atoms with E-state index in [1.165, 1.54) is 5.56 Å². The second kappa shape index (κ2) is 8.05. The second-order valence-electron chi connectivity index (χ2n) is 4.60. The summed E-state index contributed by atoms with van der Waals surface area (Å²) in [5.74, 6) is 0.918. The molecule has 0 amide bonds. The Morgan fingerprint density at radius 1 is 1.43 bits per heavy atom. The predicted molar refractivity (Wildman–Crippen MR) is 94.0 cm³/mol. The molecule has 1 heterocycles. The van der Waals surface area contributed by atoms with Gasteiger partial charge in [-0.05, 0) is 36.3 Å². The molecule has 0 radical (unpaired) electrons. The van der Waals surface area contributed by atoms with E-state index >= 15 is 0 Å². The van der Waals surface area contributed by atoms with Crippen LogP contribution >= 0.6 is 24.0 Å². The summed E-state index contributed by atoms with van der Waals surface area (Å²) in [6.07, 6.45) is 4.78. The van der Waals surface area contributed by atoms with Crippen molar-refractivity contribution in [2.75, 3.05) is 17.6 Å². The lowest BCUT2D eigenvalue weighted by atomic mass is 10.1. The Balaban J connectivity index is 1.71. The maximum Gasteiger partial charge on any atom is 0.170 e. The molecule has 0 saturated carbocycles. The van der Waals surface area contributed by atoms with Crippen LogP contribution in [-0.4, -0.2) is 27.0 Å². The van der Waals surface area contributed by atoms with Crippen molar-refractivity contribution >= 4 is 34.8 Å². The number of aryl methyl sites for hydroxylation is 2. The molecule has 2 N–H and O–H groups in total. The van der Waals surface area contributed by atoms with Gasteiger partial charge in [0.25, 0.3) is 0 Å². The Morgan fingerprint density at radius 2 is 2.29 bits per heavy atom. The molecule has 0 aliphatic rings. The zero-order chi connectivity index (χ0) is 15.1. The minimum atomic E-state index is 0.656. The minimum Gasteiger partial charge on any atom is -0.362 e. The summed E-state index contributed by atoms with van der Waals surface area (Å²) in [5.41, 5.74) is 2.33. The molecule has 0 aliphatic carbocycles. The molecule has 6 heteroatoms. The summed E-state index contributed by atoms with van der Waals surface area (Å²) in [7, 11) is 2.00. The summed E-state index contributed by atoms with van der Waals surface area (Å²) in [6, 6.07) is 8.30. The van der Waals surface area contributed by atoms with E-state index in [9.17, 15) is 0 Å². The predicted octanol–water partition coefficient (Wildman–Crippen LogP) is 3.06. The van der Waals surface area contributed by atoms with Gasteiger partial charge in [0.05, 0.1) is 0 Å². The highest BCUT2D eigenvalue weighted by atomic mass is 32.2. The monoisotopic (exact) mass is 320 g/mol. The van der Waals surface area contributed by atoms with Crippen molar-refractivity contribution in [3.8, 4) is 0 Å². The van der Waals surface area contributed by atoms with Gasteiger partial charge < -0.3 is 15.2 Å². The number of nitrogens with one attached hydrogen (secondary N) is 2. The number of rotatable bonds is 6. The molecule has 2 aromatic rings. The fourth-order valence-electron chi connectivity index (χ4n) is 1.84. The van der Waals surface area contributed by atoms with Crippen LogP contribution in [0.3, 0.4) is 0 Å². The lowest BCUT2D eigenvalue weighted by Crippen LogP contribution is -2.30. The van der Waals surface area contributed by atoms with Crippen LogP contribution in [0.25, 0.3) is 0 Å². The third-order valence-electron chi connectivity index (χ3n) is 2.99. The first-order chi connectivity index (χ1) is 10.2. The van der Waals surface area contributed by atoms with Crippen molar-refractivity contribution in [1.82, 2.24) is 14.9 Å². The minimum absolute atomic E-state index is 0.656. The maximum atomic E-state index is 5.30. The van der Waals surface area contributed by atoms with Crippen molar-refractivity contribution in [3.63, 3.8) is 0 Å². The van der Waals surface area contributed by atoms with Crippen LogP contribution in [0.2, 0.25) is 0 Å². The molecule has 112 valence electrons. The van der Waals surface area contributed by atoms with Gasteiger partial charge >= 0.3 is 0 Å². The van der Waals surface area contributed by atoms with Crippen LogP contribution in [0.15, 0.2) is 41.8 Å². The molecule has 0 spiro atoms. The number of benzene rings is 1. The van der Waals surface area contributed by atoms with Gasteiger partial charge in [-0.3, -0.25) is 0 Å². The second-order valence-corrected chi connectivity index (χ2v) is 6.07. The van der Waals surface area contributed by atoms with E-state index < -0.39 is 0 Å². The highest BCUT2D eigenvalue weighted by molar-refractivity contribution is 7.99. The Kier molecular flexibility index (Phi) is 6.07. The van der Waals surface area contributed by atoms with E-state index in [-0.39, 0.29) is 0 Å². The Hall–Kier alpha value is -1.53. The first-order valence-corrected chi connectivity index (χ1v) is 8.32. The summed E-state index contributed by atoms with van der Waals surface area (Å²) in [6.45, 7) is 2.95. The Morgan fingerprint density at radius 3 is 3.00 bits per heavy atom. The zero-order valence-corrected chi connectivity index (χ0v) is 13.9. The summed E-state index contributed by atoms with van der Waals surface area (Å²) < 4.78 is 2.01. The number of thiocarbonyl (C=S) groups is 1. The van der Waals surface area contributed by atoms with Crippen LogP contribution in [0, 0.1) is 0 Å². The molecule has 21 heavy (non-hydrogen) atoms. The van der Waals surface area contributed by atoms with Crippen LogP contribution in [0.4, 0.5) is 5.69 Å². The molecule has 0 unspecified atom stereocenters. The van der Waals surface area contributed by atoms with Gasteiger partial charge in [-0.1, -0.05) is 30.8 Å². The number of anilines is 1. The average molecular weight is 320 g/mol. The molecule has 1 aromatic carbocycles. The number of thioether (sulfide) groups is 1. The lowest BCUT2D eigenvalue weighted by Gasteiger charge is -2.11. The fraction of sp³-hybridized carbons (Fsp3) is 0.333. The van der Waals surface area contributed by atoms with Gasteiger partial charge in [-0.15, -0.1) is 0 Å². The third kappa shape index (κ3) is 5.06. The summed E-state index contributed by atoms with van der Waals surface area (Å²) in [4.78, 5) is 4.27. The third-order valence-corrected chi connectivity index (χ3v) is 4.30. The number of hydrogen-bond acceptors (Lipinski definition) is 3. The summed E-state index contributed by atoms with van der Waals surface area (Å²) >= 11 is 7.01. The Labute approximate surface area is 135 Å². The van der Waals surface area contributed by atoms with Crippen LogP contribution < -0.4 is 10.6 Å². The molecule has 0 fully saturated rings. The molecule has 2 rings (SSSR count).